The number of nitrogens with zero attached hydrogens (tertiary/aromatic N) is 1. The van der Waals surface area contributed by atoms with Crippen molar-refractivity contribution >= 4 is 29.2 Å². The Kier molecular flexibility index (Phi) is 5.98. The monoisotopic (exact) mass is 372 g/mol. The van der Waals surface area contributed by atoms with Crippen LogP contribution in [0.15, 0.2) is 36.5 Å². The molecule has 0 saturated heterocycles. The van der Waals surface area contributed by atoms with Crippen LogP contribution in [0.25, 0.3) is 17.0 Å². The standard InChI is InChI=1S/C21H28N2O4/c1-20(2,3)26-18(24)22-12-7-8-15-9-10-17-16(14-15)11-13-23(17)19(25)27-21(4,5)6/h7-11,13-14H,12H2,1-6H3,(H,22,24). The fraction of sp³-hybridized carbons (Fsp3) is 0.429. The Labute approximate surface area is 160 Å². The molecule has 2 aromatic rings. The number of hydrogen-bond donors (Lipinski definition) is 1. The predicted octanol–water partition coefficient (Wildman–Crippen LogP) is 4.96. The van der Waals surface area contributed by atoms with Crippen molar-refractivity contribution in [2.24, 2.45) is 0 Å². The van der Waals surface area contributed by atoms with E-state index in [9.17, 15) is 9.59 Å². The zero-order valence-corrected chi connectivity index (χ0v) is 16.8. The van der Waals surface area contributed by atoms with Crippen molar-refractivity contribution in [2.75, 3.05) is 6.54 Å². The predicted molar refractivity (Wildman–Crippen MR) is 107 cm³/mol. The lowest BCUT2D eigenvalue weighted by molar-refractivity contribution is 0.0526. The number of fused-ring (bicyclic) bond motifs is 1. The summed E-state index contributed by atoms with van der Waals surface area (Å²) in [6, 6.07) is 7.63. The van der Waals surface area contributed by atoms with E-state index in [1.165, 1.54) is 4.57 Å². The number of rotatable bonds is 3. The van der Waals surface area contributed by atoms with Gasteiger partial charge in [-0.3, -0.25) is 4.57 Å². The van der Waals surface area contributed by atoms with E-state index in [4.69, 9.17) is 9.47 Å². The molecule has 0 radical (unpaired) electrons. The van der Waals surface area contributed by atoms with E-state index in [-0.39, 0.29) is 0 Å². The molecule has 0 saturated carbocycles. The SMILES string of the molecule is CC(C)(C)OC(=O)NCC=Cc1ccc2c(ccn2C(=O)OC(C)(C)C)c1. The van der Waals surface area contributed by atoms with E-state index in [1.54, 1.807) is 6.20 Å². The summed E-state index contributed by atoms with van der Waals surface area (Å²) in [5.74, 6) is 0. The molecule has 1 aromatic heterocycles. The van der Waals surface area contributed by atoms with Crippen molar-refractivity contribution in [2.45, 2.75) is 52.7 Å². The summed E-state index contributed by atoms with van der Waals surface area (Å²) < 4.78 is 12.1. The van der Waals surface area contributed by atoms with Crippen molar-refractivity contribution in [3.05, 3.63) is 42.1 Å². The maximum absolute atomic E-state index is 12.3. The number of carbonyl (C=O) groups excluding carboxylic acids is 2. The lowest BCUT2D eigenvalue weighted by Crippen LogP contribution is -2.32. The van der Waals surface area contributed by atoms with Crippen LogP contribution in [0, 0.1) is 0 Å². The molecular formula is C21H28N2O4. The largest absolute Gasteiger partial charge is 0.444 e. The van der Waals surface area contributed by atoms with Gasteiger partial charge in [0.2, 0.25) is 0 Å². The van der Waals surface area contributed by atoms with Crippen LogP contribution in [0.4, 0.5) is 9.59 Å². The Morgan fingerprint density at radius 3 is 2.33 bits per heavy atom. The van der Waals surface area contributed by atoms with Crippen LogP contribution in [0.2, 0.25) is 0 Å². The summed E-state index contributed by atoms with van der Waals surface area (Å²) in [4.78, 5) is 23.9. The van der Waals surface area contributed by atoms with Crippen LogP contribution >= 0.6 is 0 Å². The van der Waals surface area contributed by atoms with Gasteiger partial charge in [0.05, 0.1) is 5.52 Å². The van der Waals surface area contributed by atoms with Crippen molar-refractivity contribution in [3.8, 4) is 0 Å². The molecule has 0 aliphatic rings. The van der Waals surface area contributed by atoms with Crippen molar-refractivity contribution in [3.63, 3.8) is 0 Å². The zero-order chi connectivity index (χ0) is 20.2. The summed E-state index contributed by atoms with van der Waals surface area (Å²) >= 11 is 0. The Balaban J connectivity index is 2.01. The van der Waals surface area contributed by atoms with Gasteiger partial charge in [0.15, 0.2) is 0 Å². The first kappa shape index (κ1) is 20.6. The highest BCUT2D eigenvalue weighted by atomic mass is 16.6. The zero-order valence-electron chi connectivity index (χ0n) is 16.8. The molecular weight excluding hydrogens is 344 g/mol. The van der Waals surface area contributed by atoms with Crippen LogP contribution in [0.3, 0.4) is 0 Å². The molecule has 6 heteroatoms. The van der Waals surface area contributed by atoms with Crippen LogP contribution in [-0.4, -0.2) is 34.5 Å². The molecule has 1 heterocycles. The minimum atomic E-state index is -0.544. The second-order valence-corrected chi connectivity index (χ2v) is 8.27. The lowest BCUT2D eigenvalue weighted by Gasteiger charge is -2.19. The number of carbonyl (C=O) groups is 2. The van der Waals surface area contributed by atoms with Gasteiger partial charge in [-0.2, -0.15) is 0 Å². The molecule has 6 nitrogen and oxygen atoms in total. The van der Waals surface area contributed by atoms with Crippen molar-refractivity contribution < 1.29 is 19.1 Å². The van der Waals surface area contributed by atoms with E-state index in [0.717, 1.165) is 16.5 Å². The van der Waals surface area contributed by atoms with Gasteiger partial charge < -0.3 is 14.8 Å². The Hall–Kier alpha value is -2.76. The lowest BCUT2D eigenvalue weighted by atomic mass is 10.1. The summed E-state index contributed by atoms with van der Waals surface area (Å²) in [7, 11) is 0. The number of amides is 1. The number of benzene rings is 1. The summed E-state index contributed by atoms with van der Waals surface area (Å²) in [6.07, 6.45) is 4.60. The smallest absolute Gasteiger partial charge is 0.418 e. The molecule has 1 aromatic carbocycles. The Morgan fingerprint density at radius 2 is 1.70 bits per heavy atom. The molecule has 0 fully saturated rings. The van der Waals surface area contributed by atoms with Gasteiger partial charge >= 0.3 is 12.2 Å². The average Bonchev–Trinajstić information content (AvgIpc) is 2.91. The fourth-order valence-corrected chi connectivity index (χ4v) is 2.39. The van der Waals surface area contributed by atoms with Crippen LogP contribution < -0.4 is 5.32 Å². The number of aromatic nitrogens is 1. The molecule has 146 valence electrons. The molecule has 1 amide bonds. The molecule has 0 aliphatic heterocycles. The van der Waals surface area contributed by atoms with Gasteiger partial charge in [0.1, 0.15) is 11.2 Å². The summed E-state index contributed by atoms with van der Waals surface area (Å²) in [6.45, 7) is 11.3. The van der Waals surface area contributed by atoms with Crippen LogP contribution in [0.1, 0.15) is 47.1 Å². The third kappa shape index (κ3) is 6.47. The number of alkyl carbamates (subject to hydrolysis) is 1. The number of nitrogens with one attached hydrogen (secondary N) is 1. The highest BCUT2D eigenvalue weighted by Crippen LogP contribution is 2.20. The third-order valence-corrected chi connectivity index (χ3v) is 3.38. The third-order valence-electron chi connectivity index (χ3n) is 3.38. The molecule has 0 unspecified atom stereocenters. The minimum Gasteiger partial charge on any atom is -0.444 e. The van der Waals surface area contributed by atoms with Gasteiger partial charge in [0.25, 0.3) is 0 Å². The fourth-order valence-electron chi connectivity index (χ4n) is 2.39. The summed E-state index contributed by atoms with van der Waals surface area (Å²) in [5, 5.41) is 3.61. The van der Waals surface area contributed by atoms with Crippen LogP contribution in [-0.2, 0) is 9.47 Å². The van der Waals surface area contributed by atoms with Gasteiger partial charge in [-0.25, -0.2) is 9.59 Å². The average molecular weight is 372 g/mol. The van der Waals surface area contributed by atoms with Gasteiger partial charge in [-0.15, -0.1) is 0 Å². The topological polar surface area (TPSA) is 69.6 Å². The van der Waals surface area contributed by atoms with Gasteiger partial charge in [-0.1, -0.05) is 18.2 Å². The van der Waals surface area contributed by atoms with Gasteiger partial charge in [0, 0.05) is 18.1 Å². The van der Waals surface area contributed by atoms with E-state index in [1.807, 2.05) is 78.0 Å². The van der Waals surface area contributed by atoms with Crippen molar-refractivity contribution in [1.82, 2.24) is 9.88 Å². The Bertz CT molecular complexity index is 851. The first-order valence-electron chi connectivity index (χ1n) is 8.92. The molecule has 0 atom stereocenters. The second kappa shape index (κ2) is 7.86. The first-order valence-corrected chi connectivity index (χ1v) is 8.92. The van der Waals surface area contributed by atoms with Gasteiger partial charge in [-0.05, 0) is 65.3 Å². The Morgan fingerprint density at radius 1 is 1.04 bits per heavy atom. The number of ether oxygens (including phenoxy) is 2. The van der Waals surface area contributed by atoms with Crippen molar-refractivity contribution in [1.29, 1.82) is 0 Å². The molecule has 27 heavy (non-hydrogen) atoms. The van der Waals surface area contributed by atoms with Crippen LogP contribution in [0.5, 0.6) is 0 Å². The van der Waals surface area contributed by atoms with E-state index < -0.39 is 23.4 Å². The molecule has 2 rings (SSSR count). The highest BCUT2D eigenvalue weighted by molar-refractivity contribution is 5.90. The normalized spacial score (nSPS) is 12.4. The van der Waals surface area contributed by atoms with E-state index in [2.05, 4.69) is 5.32 Å². The molecule has 0 spiro atoms. The quantitative estimate of drug-likeness (QED) is 0.826. The number of hydrogen-bond acceptors (Lipinski definition) is 4. The minimum absolute atomic E-state index is 0.367. The van der Waals surface area contributed by atoms with E-state index in [0.29, 0.717) is 6.54 Å². The highest BCUT2D eigenvalue weighted by Gasteiger charge is 2.19. The molecule has 1 N–H and O–H groups in total. The summed E-state index contributed by atoms with van der Waals surface area (Å²) in [5.41, 5.74) is 0.696. The maximum Gasteiger partial charge on any atom is 0.418 e. The second-order valence-electron chi connectivity index (χ2n) is 8.27. The van der Waals surface area contributed by atoms with E-state index >= 15 is 0 Å². The first-order chi connectivity index (χ1) is 12.4. The molecule has 0 aliphatic carbocycles. The molecule has 0 bridgehead atoms. The maximum atomic E-state index is 12.3.